The first-order valence-corrected chi connectivity index (χ1v) is 22.5. The predicted molar refractivity (Wildman–Crippen MR) is 247 cm³/mol. The first kappa shape index (κ1) is 43.4. The van der Waals surface area contributed by atoms with Gasteiger partial charge in [0.15, 0.2) is 0 Å². The zero-order valence-corrected chi connectivity index (χ0v) is 37.3. The Kier molecular flexibility index (Phi) is 12.0. The average molecular weight is 895 g/mol. The molecule has 0 spiro atoms. The second-order valence-corrected chi connectivity index (χ2v) is 18.1. The number of aromatic nitrogens is 2. The van der Waals surface area contributed by atoms with Crippen LogP contribution in [0.4, 0.5) is 11.5 Å². The van der Waals surface area contributed by atoms with E-state index in [0.717, 1.165) is 51.1 Å². The van der Waals surface area contributed by atoms with Gasteiger partial charge in [-0.05, 0) is 77.2 Å². The van der Waals surface area contributed by atoms with Gasteiger partial charge in [0.1, 0.15) is 17.3 Å². The molecule has 2 fully saturated rings. The fraction of sp³-hybridized carbons (Fsp3) is 0.360. The summed E-state index contributed by atoms with van der Waals surface area (Å²) in [4.78, 5) is 59.9. The summed E-state index contributed by atoms with van der Waals surface area (Å²) in [5.74, 6) is -0.229. The highest BCUT2D eigenvalue weighted by Crippen LogP contribution is 2.39. The number of halogens is 1. The van der Waals surface area contributed by atoms with Gasteiger partial charge in [-0.3, -0.25) is 14.4 Å². The lowest BCUT2D eigenvalue weighted by atomic mass is 9.98. The summed E-state index contributed by atoms with van der Waals surface area (Å²) in [6, 6.07) is 22.6. The summed E-state index contributed by atoms with van der Waals surface area (Å²) in [7, 11) is 0. The number of likely N-dealkylation sites (tertiary alicyclic amines) is 1. The molecule has 1 aromatic heterocycles. The molecule has 0 saturated carbocycles. The van der Waals surface area contributed by atoms with Gasteiger partial charge in [-0.1, -0.05) is 62.4 Å². The Morgan fingerprint density at radius 2 is 1.71 bits per heavy atom. The number of benzene rings is 4. The monoisotopic (exact) mass is 894 g/mol. The molecule has 5 heterocycles. The fourth-order valence-electron chi connectivity index (χ4n) is 9.79. The van der Waals surface area contributed by atoms with Crippen LogP contribution < -0.4 is 14.5 Å². The molecule has 65 heavy (non-hydrogen) atoms. The molecule has 2 atom stereocenters. The van der Waals surface area contributed by atoms with Crippen LogP contribution in [0, 0.1) is 17.2 Å². The molecule has 15 heteroatoms. The highest BCUT2D eigenvalue weighted by Gasteiger charge is 2.35. The third-order valence-corrected chi connectivity index (χ3v) is 13.6. The molecule has 0 radical (unpaired) electrons. The van der Waals surface area contributed by atoms with E-state index in [-0.39, 0.29) is 65.1 Å². The molecule has 9 rings (SSSR count). The molecule has 2 N–H and O–H groups in total. The van der Waals surface area contributed by atoms with Crippen LogP contribution in [0.25, 0.3) is 10.8 Å². The van der Waals surface area contributed by atoms with Crippen LogP contribution in [0.5, 0.6) is 17.5 Å². The molecule has 334 valence electrons. The quantitative estimate of drug-likeness (QED) is 0.136. The van der Waals surface area contributed by atoms with Gasteiger partial charge in [0.2, 0.25) is 5.91 Å². The molecule has 0 bridgehead atoms. The lowest BCUT2D eigenvalue weighted by Gasteiger charge is -2.42. The van der Waals surface area contributed by atoms with Crippen molar-refractivity contribution in [3.63, 3.8) is 0 Å². The number of piperazine rings is 1. The largest absolute Gasteiger partial charge is 0.508 e. The second-order valence-electron chi connectivity index (χ2n) is 17.7. The average Bonchev–Trinajstić information content (AvgIpc) is 3.97. The maximum absolute atomic E-state index is 13.9. The van der Waals surface area contributed by atoms with Gasteiger partial charge < -0.3 is 39.4 Å². The number of nitriles is 1. The minimum atomic E-state index is -0.344. The van der Waals surface area contributed by atoms with E-state index in [9.17, 15) is 29.9 Å². The number of anilines is 2. The molecular formula is C50H51ClN8O6. The van der Waals surface area contributed by atoms with E-state index in [2.05, 4.69) is 40.6 Å². The molecule has 5 aromatic rings. The molecule has 3 amide bonds. The molecule has 2 unspecified atom stereocenters. The van der Waals surface area contributed by atoms with E-state index in [1.165, 1.54) is 12.1 Å². The Morgan fingerprint density at radius 3 is 2.49 bits per heavy atom. The van der Waals surface area contributed by atoms with Gasteiger partial charge in [0.25, 0.3) is 11.8 Å². The Balaban J connectivity index is 0.904. The van der Waals surface area contributed by atoms with Crippen molar-refractivity contribution in [2.24, 2.45) is 5.92 Å². The van der Waals surface area contributed by atoms with Crippen molar-refractivity contribution in [2.45, 2.75) is 64.7 Å². The Morgan fingerprint density at radius 1 is 0.908 bits per heavy atom. The number of carbonyl (C=O) groups excluding carboxylic acids is 3. The molecule has 2 saturated heterocycles. The maximum atomic E-state index is 13.9. The number of hydrogen-bond acceptors (Lipinski definition) is 11. The van der Waals surface area contributed by atoms with Crippen molar-refractivity contribution in [3.05, 3.63) is 123 Å². The lowest BCUT2D eigenvalue weighted by molar-refractivity contribution is -0.128. The number of phenolic OH excluding ortho intramolecular Hbond substituents is 2. The fourth-order valence-corrected chi connectivity index (χ4v) is 10.1. The highest BCUT2D eigenvalue weighted by atomic mass is 35.5. The molecular weight excluding hydrogens is 844 g/mol. The zero-order chi connectivity index (χ0) is 45.5. The summed E-state index contributed by atoms with van der Waals surface area (Å²) in [5, 5.41) is 33.3. The standard InChI is InChI=1S/C50H51ClN8O6/c1-4-45(62)59-20-19-56(27-36(59)13-16-52)47-37-15-18-55(42-10-6-8-32-7-5-9-40(51)46(32)42)28-41(37)53-50(54-47)65-29-31-14-17-57(24-31)48(63)33-11-12-34-25-58(26-35(34)21-33)49(64)39-22-38(30(2)3)43(60)23-44(39)61/h4-12,21-23,30-31,36,60-61H,1,13-15,17-20,24-29H2,2-3H3. The van der Waals surface area contributed by atoms with E-state index < -0.39 is 0 Å². The molecule has 4 aliphatic rings. The van der Waals surface area contributed by atoms with Crippen molar-refractivity contribution < 1.29 is 29.3 Å². The first-order chi connectivity index (χ1) is 31.4. The predicted octanol–water partition coefficient (Wildman–Crippen LogP) is 7.19. The first-order valence-electron chi connectivity index (χ1n) is 22.2. The lowest BCUT2D eigenvalue weighted by Crippen LogP contribution is -2.55. The van der Waals surface area contributed by atoms with Crippen molar-refractivity contribution in [2.75, 3.05) is 55.7 Å². The maximum Gasteiger partial charge on any atom is 0.318 e. The van der Waals surface area contributed by atoms with Crippen LogP contribution >= 0.6 is 11.6 Å². The number of fused-ring (bicyclic) bond motifs is 3. The molecule has 0 aliphatic carbocycles. The number of nitrogens with zero attached hydrogens (tertiary/aromatic N) is 8. The summed E-state index contributed by atoms with van der Waals surface area (Å²) in [6.07, 6.45) is 2.87. The number of carbonyl (C=O) groups is 3. The van der Waals surface area contributed by atoms with Crippen LogP contribution in [0.1, 0.15) is 81.3 Å². The zero-order valence-electron chi connectivity index (χ0n) is 36.5. The Labute approximate surface area is 382 Å². The van der Waals surface area contributed by atoms with Gasteiger partial charge in [0, 0.05) is 86.5 Å². The SMILES string of the molecule is C=CC(=O)N1CCN(c2nc(OCC3CCN(C(=O)c4ccc5c(c4)CN(C(=O)c4cc(C(C)C)c(O)cc4O)C5)C3)nc3c2CCN(c2cccc4cccc(Cl)c24)C3)CC1CC#N. The summed E-state index contributed by atoms with van der Waals surface area (Å²) >= 11 is 6.78. The Bertz CT molecular complexity index is 2770. The molecule has 14 nitrogen and oxygen atoms in total. The molecule has 4 aromatic carbocycles. The van der Waals surface area contributed by atoms with Crippen molar-refractivity contribution in [1.29, 1.82) is 5.26 Å². The van der Waals surface area contributed by atoms with Crippen molar-refractivity contribution >= 4 is 51.6 Å². The second kappa shape index (κ2) is 18.0. The number of hydrogen-bond donors (Lipinski definition) is 2. The number of phenols is 2. The van der Waals surface area contributed by atoms with Crippen LogP contribution in [0.3, 0.4) is 0 Å². The topological polar surface area (TPSA) is 167 Å². The summed E-state index contributed by atoms with van der Waals surface area (Å²) in [6.45, 7) is 12.0. The van der Waals surface area contributed by atoms with E-state index in [1.54, 1.807) is 21.9 Å². The number of rotatable bonds is 10. The normalized spacial score (nSPS) is 18.2. The Hall–Kier alpha value is -6.85. The van der Waals surface area contributed by atoms with Gasteiger partial charge in [-0.25, -0.2) is 0 Å². The summed E-state index contributed by atoms with van der Waals surface area (Å²) < 4.78 is 6.44. The smallest absolute Gasteiger partial charge is 0.318 e. The van der Waals surface area contributed by atoms with E-state index >= 15 is 0 Å². The minimum absolute atomic E-state index is 0.0288. The van der Waals surface area contributed by atoms with Gasteiger partial charge in [-0.2, -0.15) is 15.2 Å². The van der Waals surface area contributed by atoms with Gasteiger partial charge >= 0.3 is 6.01 Å². The number of aromatic hydroxyl groups is 2. The van der Waals surface area contributed by atoms with Crippen LogP contribution in [-0.4, -0.2) is 105 Å². The number of amides is 3. The number of ether oxygens (including phenoxy) is 1. The molecule has 4 aliphatic heterocycles. The highest BCUT2D eigenvalue weighted by molar-refractivity contribution is 6.36. The van der Waals surface area contributed by atoms with Crippen molar-refractivity contribution in [1.82, 2.24) is 24.7 Å². The van der Waals surface area contributed by atoms with Gasteiger partial charge in [0.05, 0.1) is 48.0 Å². The van der Waals surface area contributed by atoms with Crippen LogP contribution in [0.15, 0.2) is 79.4 Å². The third-order valence-electron chi connectivity index (χ3n) is 13.2. The van der Waals surface area contributed by atoms with Crippen LogP contribution in [0.2, 0.25) is 5.02 Å². The van der Waals surface area contributed by atoms with E-state index in [1.807, 2.05) is 49.1 Å². The van der Waals surface area contributed by atoms with E-state index in [4.69, 9.17) is 26.3 Å². The van der Waals surface area contributed by atoms with E-state index in [0.29, 0.717) is 88.1 Å². The third kappa shape index (κ3) is 8.48. The van der Waals surface area contributed by atoms with Crippen LogP contribution in [-0.2, 0) is 30.8 Å². The minimum Gasteiger partial charge on any atom is -0.508 e. The summed E-state index contributed by atoms with van der Waals surface area (Å²) in [5.41, 5.74) is 5.94. The van der Waals surface area contributed by atoms with Gasteiger partial charge in [-0.15, -0.1) is 0 Å². The van der Waals surface area contributed by atoms with Crippen molar-refractivity contribution in [3.8, 4) is 23.6 Å².